The number of anilines is 1. The number of rotatable bonds is 8. The van der Waals surface area contributed by atoms with Gasteiger partial charge in [-0.25, -0.2) is 8.42 Å². The molecule has 10 nitrogen and oxygen atoms in total. The first-order valence-corrected chi connectivity index (χ1v) is 12.3. The predicted molar refractivity (Wildman–Crippen MR) is 128 cm³/mol. The molecule has 3 rings (SSSR count). The summed E-state index contributed by atoms with van der Waals surface area (Å²) in [5.74, 6) is 0.0553. The van der Waals surface area contributed by atoms with E-state index in [4.69, 9.17) is 9.47 Å². The van der Waals surface area contributed by atoms with Gasteiger partial charge in [-0.3, -0.25) is 9.59 Å². The lowest BCUT2D eigenvalue weighted by Gasteiger charge is -2.32. The molecule has 0 radical (unpaired) electrons. The Kier molecular flexibility index (Phi) is 8.13. The maximum absolute atomic E-state index is 12.7. The second-order valence-electron chi connectivity index (χ2n) is 8.02. The molecule has 184 valence electrons. The molecule has 1 atom stereocenters. The van der Waals surface area contributed by atoms with Gasteiger partial charge < -0.3 is 24.6 Å². The van der Waals surface area contributed by atoms with E-state index >= 15 is 0 Å². The summed E-state index contributed by atoms with van der Waals surface area (Å²) in [5.41, 5.74) is 0.988. The van der Waals surface area contributed by atoms with Crippen LogP contribution in [0.3, 0.4) is 0 Å². The highest BCUT2D eigenvalue weighted by molar-refractivity contribution is 7.89. The zero-order chi connectivity index (χ0) is 24.9. The Labute approximate surface area is 199 Å². The number of piperazine rings is 1. The van der Waals surface area contributed by atoms with Gasteiger partial charge in [0.15, 0.2) is 11.5 Å². The number of sulfonamides is 1. The smallest absolute Gasteiger partial charge is 0.253 e. The van der Waals surface area contributed by atoms with E-state index in [0.717, 1.165) is 13.1 Å². The Hall–Kier alpha value is -3.15. The van der Waals surface area contributed by atoms with Crippen molar-refractivity contribution in [2.75, 3.05) is 52.8 Å². The monoisotopic (exact) mass is 490 g/mol. The number of carbonyl (C=O) groups excluding carboxylic acids is 2. The van der Waals surface area contributed by atoms with Crippen LogP contribution in [0.4, 0.5) is 5.69 Å². The van der Waals surface area contributed by atoms with Crippen LogP contribution in [0.5, 0.6) is 11.5 Å². The second-order valence-corrected chi connectivity index (χ2v) is 9.74. The highest BCUT2D eigenvalue weighted by Crippen LogP contribution is 2.29. The summed E-state index contributed by atoms with van der Waals surface area (Å²) in [4.78, 5) is 29.1. The number of hydrogen-bond acceptors (Lipinski definition) is 7. The number of ether oxygens (including phenoxy) is 2. The van der Waals surface area contributed by atoms with E-state index in [2.05, 4.69) is 14.9 Å². The van der Waals surface area contributed by atoms with Crippen LogP contribution in [0, 0.1) is 0 Å². The van der Waals surface area contributed by atoms with E-state index in [0.29, 0.717) is 30.1 Å². The molecule has 1 heterocycles. The first-order chi connectivity index (χ1) is 16.1. The van der Waals surface area contributed by atoms with Crippen LogP contribution >= 0.6 is 0 Å². The van der Waals surface area contributed by atoms with Crippen molar-refractivity contribution in [3.63, 3.8) is 0 Å². The Morgan fingerprint density at radius 2 is 1.56 bits per heavy atom. The number of methoxy groups -OCH3 is 2. The third kappa shape index (κ3) is 6.04. The number of benzene rings is 2. The highest BCUT2D eigenvalue weighted by Gasteiger charge is 2.24. The minimum Gasteiger partial charge on any atom is -0.493 e. The van der Waals surface area contributed by atoms with E-state index < -0.39 is 22.0 Å². The summed E-state index contributed by atoms with van der Waals surface area (Å²) in [5, 5.41) is 2.67. The Bertz CT molecular complexity index is 1130. The average molecular weight is 491 g/mol. The molecular weight excluding hydrogens is 460 g/mol. The average Bonchev–Trinajstić information content (AvgIpc) is 2.83. The molecule has 1 aliphatic heterocycles. The summed E-state index contributed by atoms with van der Waals surface area (Å²) in [7, 11) is 0.888. The molecule has 11 heteroatoms. The van der Waals surface area contributed by atoms with Gasteiger partial charge in [0.1, 0.15) is 0 Å². The minimum atomic E-state index is -3.99. The van der Waals surface area contributed by atoms with Gasteiger partial charge >= 0.3 is 0 Å². The van der Waals surface area contributed by atoms with E-state index in [9.17, 15) is 18.0 Å². The lowest BCUT2D eigenvalue weighted by molar-refractivity contribution is -0.117. The first-order valence-electron chi connectivity index (χ1n) is 10.8. The number of carbonyl (C=O) groups is 2. The van der Waals surface area contributed by atoms with E-state index in [-0.39, 0.29) is 16.6 Å². The number of hydrogen-bond donors (Lipinski definition) is 2. The zero-order valence-corrected chi connectivity index (χ0v) is 20.5. The van der Waals surface area contributed by atoms with Crippen molar-refractivity contribution >= 4 is 27.5 Å². The minimum absolute atomic E-state index is 0.0537. The third-order valence-corrected chi connectivity index (χ3v) is 7.12. The van der Waals surface area contributed by atoms with E-state index in [1.54, 1.807) is 29.2 Å². The molecule has 1 fully saturated rings. The molecule has 34 heavy (non-hydrogen) atoms. The molecule has 1 aliphatic rings. The van der Waals surface area contributed by atoms with Crippen LogP contribution in [-0.2, 0) is 14.8 Å². The van der Waals surface area contributed by atoms with Crippen LogP contribution in [-0.4, -0.2) is 83.5 Å². The first kappa shape index (κ1) is 25.5. The maximum Gasteiger partial charge on any atom is 0.253 e. The van der Waals surface area contributed by atoms with Crippen LogP contribution in [0.15, 0.2) is 47.4 Å². The van der Waals surface area contributed by atoms with Crippen molar-refractivity contribution in [1.29, 1.82) is 0 Å². The molecule has 0 spiro atoms. The normalized spacial score (nSPS) is 15.5. The number of nitrogens with zero attached hydrogens (tertiary/aromatic N) is 2. The second kappa shape index (κ2) is 10.9. The van der Waals surface area contributed by atoms with Crippen molar-refractivity contribution in [1.82, 2.24) is 14.5 Å². The molecule has 0 unspecified atom stereocenters. The fourth-order valence-corrected chi connectivity index (χ4v) is 4.69. The quantitative estimate of drug-likeness (QED) is 0.574. The number of amides is 2. The molecule has 0 aromatic heterocycles. The molecule has 2 N–H and O–H groups in total. The molecule has 2 aromatic carbocycles. The van der Waals surface area contributed by atoms with E-state index in [1.807, 2.05) is 7.05 Å². The summed E-state index contributed by atoms with van der Waals surface area (Å²) in [6, 6.07) is 9.65. The summed E-state index contributed by atoms with van der Waals surface area (Å²) in [6.45, 7) is 4.45. The van der Waals surface area contributed by atoms with Gasteiger partial charge in [-0.05, 0) is 50.4 Å². The number of likely N-dealkylation sites (N-methyl/N-ethyl adjacent to an activating group) is 1. The Balaban J connectivity index is 1.61. The molecule has 0 saturated carbocycles. The summed E-state index contributed by atoms with van der Waals surface area (Å²) < 4.78 is 38.1. The molecular formula is C23H30N4O6S. The third-order valence-electron chi connectivity index (χ3n) is 5.58. The fourth-order valence-electron chi connectivity index (χ4n) is 3.48. The molecule has 0 aliphatic carbocycles. The summed E-state index contributed by atoms with van der Waals surface area (Å²) >= 11 is 0. The van der Waals surface area contributed by atoms with Crippen molar-refractivity contribution in [3.05, 3.63) is 48.0 Å². The molecule has 2 amide bonds. The van der Waals surface area contributed by atoms with Gasteiger partial charge in [0.2, 0.25) is 15.9 Å². The SMILES string of the molecule is COc1ccc(S(=O)(=O)N[C@H](C)C(=O)Nc2ccc(C(=O)N3CCN(C)CC3)cc2)cc1OC. The van der Waals surface area contributed by atoms with Gasteiger partial charge in [-0.2, -0.15) is 4.72 Å². The van der Waals surface area contributed by atoms with Crippen molar-refractivity contribution in [2.24, 2.45) is 0 Å². The van der Waals surface area contributed by atoms with Gasteiger partial charge in [0.05, 0.1) is 25.2 Å². The topological polar surface area (TPSA) is 117 Å². The Morgan fingerprint density at radius 1 is 0.941 bits per heavy atom. The van der Waals surface area contributed by atoms with Crippen LogP contribution in [0.1, 0.15) is 17.3 Å². The van der Waals surface area contributed by atoms with Crippen LogP contribution in [0.2, 0.25) is 0 Å². The predicted octanol–water partition coefficient (Wildman–Crippen LogP) is 1.40. The standard InChI is InChI=1S/C23H30N4O6S/c1-16(25-34(30,31)19-9-10-20(32-3)21(15-19)33-4)22(28)24-18-7-5-17(6-8-18)23(29)27-13-11-26(2)12-14-27/h5-10,15-16,25H,11-14H2,1-4H3,(H,24,28)/t16-/m1/s1. The van der Waals surface area contributed by atoms with Gasteiger partial charge in [-0.1, -0.05) is 0 Å². The lowest BCUT2D eigenvalue weighted by Crippen LogP contribution is -2.47. The van der Waals surface area contributed by atoms with Gasteiger partial charge in [0, 0.05) is 43.5 Å². The van der Waals surface area contributed by atoms with Crippen molar-refractivity contribution < 1.29 is 27.5 Å². The fraction of sp³-hybridized carbons (Fsp3) is 0.391. The lowest BCUT2D eigenvalue weighted by atomic mass is 10.1. The van der Waals surface area contributed by atoms with Crippen LogP contribution < -0.4 is 19.5 Å². The molecule has 0 bridgehead atoms. The van der Waals surface area contributed by atoms with Gasteiger partial charge in [-0.15, -0.1) is 0 Å². The maximum atomic E-state index is 12.7. The zero-order valence-electron chi connectivity index (χ0n) is 19.7. The van der Waals surface area contributed by atoms with Crippen LogP contribution in [0.25, 0.3) is 0 Å². The van der Waals surface area contributed by atoms with Gasteiger partial charge in [0.25, 0.3) is 5.91 Å². The van der Waals surface area contributed by atoms with Crippen molar-refractivity contribution in [3.8, 4) is 11.5 Å². The Morgan fingerprint density at radius 3 is 2.15 bits per heavy atom. The largest absolute Gasteiger partial charge is 0.493 e. The summed E-state index contributed by atoms with van der Waals surface area (Å²) in [6.07, 6.45) is 0. The van der Waals surface area contributed by atoms with E-state index in [1.165, 1.54) is 39.3 Å². The number of nitrogens with one attached hydrogen (secondary N) is 2. The molecule has 2 aromatic rings. The van der Waals surface area contributed by atoms with Crippen molar-refractivity contribution in [2.45, 2.75) is 17.9 Å². The highest BCUT2D eigenvalue weighted by atomic mass is 32.2. The molecule has 1 saturated heterocycles.